The van der Waals surface area contributed by atoms with E-state index in [-0.39, 0.29) is 6.10 Å². The third-order valence-electron chi connectivity index (χ3n) is 5.37. The van der Waals surface area contributed by atoms with Gasteiger partial charge in [0, 0.05) is 5.92 Å². The molecule has 22 heavy (non-hydrogen) atoms. The van der Waals surface area contributed by atoms with Crippen LogP contribution in [-0.2, 0) is 4.74 Å². The van der Waals surface area contributed by atoms with Crippen LogP contribution >= 0.6 is 0 Å². The molecule has 128 valence electrons. The molecule has 0 aromatic heterocycles. The molecule has 1 nitrogen and oxygen atoms in total. The van der Waals surface area contributed by atoms with Gasteiger partial charge in [-0.1, -0.05) is 59.1 Å². The van der Waals surface area contributed by atoms with Gasteiger partial charge in [0.2, 0.25) is 0 Å². The van der Waals surface area contributed by atoms with Crippen LogP contribution in [0.25, 0.3) is 0 Å². The SMILES string of the molecule is C=CO[C@H](/C=C(\C)CCCCC)[C@@H]1C[C@H](C)CC[C@H]1C(C)C. The highest BCUT2D eigenvalue weighted by atomic mass is 16.5. The molecule has 0 heterocycles. The van der Waals surface area contributed by atoms with Crippen molar-refractivity contribution >= 4 is 0 Å². The molecule has 0 saturated heterocycles. The highest BCUT2D eigenvalue weighted by Gasteiger charge is 2.35. The van der Waals surface area contributed by atoms with Crippen LogP contribution in [0.4, 0.5) is 0 Å². The first-order valence-corrected chi connectivity index (χ1v) is 9.43. The van der Waals surface area contributed by atoms with Gasteiger partial charge in [-0.05, 0) is 56.4 Å². The molecule has 0 spiro atoms. The summed E-state index contributed by atoms with van der Waals surface area (Å²) in [5, 5.41) is 0. The van der Waals surface area contributed by atoms with Crippen molar-refractivity contribution in [2.24, 2.45) is 23.7 Å². The van der Waals surface area contributed by atoms with Crippen molar-refractivity contribution in [3.63, 3.8) is 0 Å². The maximum Gasteiger partial charge on any atom is 0.119 e. The molecule has 0 unspecified atom stereocenters. The molecule has 0 aliphatic heterocycles. The first-order valence-electron chi connectivity index (χ1n) is 9.43. The number of hydrogen-bond donors (Lipinski definition) is 0. The van der Waals surface area contributed by atoms with E-state index in [9.17, 15) is 0 Å². The molecule has 0 N–H and O–H groups in total. The van der Waals surface area contributed by atoms with E-state index in [0.717, 1.165) is 17.8 Å². The summed E-state index contributed by atoms with van der Waals surface area (Å²) < 4.78 is 5.97. The van der Waals surface area contributed by atoms with Crippen molar-refractivity contribution in [1.29, 1.82) is 0 Å². The smallest absolute Gasteiger partial charge is 0.119 e. The van der Waals surface area contributed by atoms with Gasteiger partial charge in [-0.15, -0.1) is 0 Å². The highest BCUT2D eigenvalue weighted by molar-refractivity contribution is 5.06. The van der Waals surface area contributed by atoms with Crippen LogP contribution in [0.1, 0.15) is 79.6 Å². The second kappa shape index (κ2) is 10.1. The standard InChI is InChI=1S/C21H38O/c1-7-9-10-11-17(5)15-21(22-8-2)20-14-18(6)12-13-19(20)16(3)4/h8,15-16,18-21H,2,7,9-14H2,1,3-6H3/b17-15+/t18-,19+,20-,21-/m1/s1. The molecule has 0 radical (unpaired) electrons. The van der Waals surface area contributed by atoms with E-state index in [2.05, 4.69) is 47.3 Å². The van der Waals surface area contributed by atoms with Gasteiger partial charge >= 0.3 is 0 Å². The molecule has 1 aliphatic carbocycles. The third kappa shape index (κ3) is 6.18. The number of hydrogen-bond acceptors (Lipinski definition) is 1. The second-order valence-corrected chi connectivity index (χ2v) is 7.73. The molecule has 0 aromatic carbocycles. The summed E-state index contributed by atoms with van der Waals surface area (Å²) in [6.45, 7) is 15.5. The highest BCUT2D eigenvalue weighted by Crippen LogP contribution is 2.41. The first-order chi connectivity index (χ1) is 10.5. The van der Waals surface area contributed by atoms with E-state index in [1.165, 1.54) is 50.5 Å². The summed E-state index contributed by atoms with van der Waals surface area (Å²) in [6.07, 6.45) is 13.4. The van der Waals surface area contributed by atoms with Crippen molar-refractivity contribution in [3.8, 4) is 0 Å². The van der Waals surface area contributed by atoms with Crippen LogP contribution in [-0.4, -0.2) is 6.10 Å². The Labute approximate surface area is 139 Å². The molecule has 4 atom stereocenters. The quantitative estimate of drug-likeness (QED) is 0.260. The molecular weight excluding hydrogens is 268 g/mol. The minimum atomic E-state index is 0.217. The van der Waals surface area contributed by atoms with Crippen LogP contribution in [0.5, 0.6) is 0 Å². The minimum absolute atomic E-state index is 0.217. The average molecular weight is 307 g/mol. The summed E-state index contributed by atoms with van der Waals surface area (Å²) in [5.41, 5.74) is 1.49. The molecular formula is C21H38O. The summed E-state index contributed by atoms with van der Waals surface area (Å²) in [5.74, 6) is 2.98. The summed E-state index contributed by atoms with van der Waals surface area (Å²) >= 11 is 0. The summed E-state index contributed by atoms with van der Waals surface area (Å²) in [6, 6.07) is 0. The first kappa shape index (κ1) is 19.3. The Kier molecular flexibility index (Phi) is 8.90. The van der Waals surface area contributed by atoms with Crippen LogP contribution in [0.3, 0.4) is 0 Å². The summed E-state index contributed by atoms with van der Waals surface area (Å²) in [4.78, 5) is 0. The molecule has 1 rings (SSSR count). The van der Waals surface area contributed by atoms with E-state index < -0.39 is 0 Å². The lowest BCUT2D eigenvalue weighted by Gasteiger charge is -2.40. The average Bonchev–Trinajstić information content (AvgIpc) is 2.46. The predicted molar refractivity (Wildman–Crippen MR) is 97.8 cm³/mol. The monoisotopic (exact) mass is 306 g/mol. The normalized spacial score (nSPS) is 27.7. The Balaban J connectivity index is 2.81. The molecule has 0 aromatic rings. The number of ether oxygens (including phenoxy) is 1. The number of allylic oxidation sites excluding steroid dienone is 1. The van der Waals surface area contributed by atoms with E-state index in [1.54, 1.807) is 6.26 Å². The fraction of sp³-hybridized carbons (Fsp3) is 0.810. The van der Waals surface area contributed by atoms with Gasteiger partial charge in [-0.3, -0.25) is 0 Å². The van der Waals surface area contributed by atoms with E-state index in [4.69, 9.17) is 4.74 Å². The topological polar surface area (TPSA) is 9.23 Å². The van der Waals surface area contributed by atoms with Crippen molar-refractivity contribution in [2.45, 2.75) is 85.7 Å². The van der Waals surface area contributed by atoms with Crippen molar-refractivity contribution in [1.82, 2.24) is 0 Å². The van der Waals surface area contributed by atoms with Gasteiger partial charge in [0.25, 0.3) is 0 Å². The Morgan fingerprint density at radius 1 is 1.23 bits per heavy atom. The fourth-order valence-corrected chi connectivity index (χ4v) is 4.05. The van der Waals surface area contributed by atoms with E-state index in [1.807, 2.05) is 0 Å². The van der Waals surface area contributed by atoms with Crippen LogP contribution in [0, 0.1) is 23.7 Å². The number of unbranched alkanes of at least 4 members (excludes halogenated alkanes) is 2. The zero-order chi connectivity index (χ0) is 16.5. The molecule has 1 aliphatic rings. The largest absolute Gasteiger partial charge is 0.494 e. The predicted octanol–water partition coefficient (Wildman–Crippen LogP) is 6.75. The van der Waals surface area contributed by atoms with Crippen molar-refractivity contribution < 1.29 is 4.74 Å². The molecule has 0 amide bonds. The lowest BCUT2D eigenvalue weighted by molar-refractivity contribution is 0.0325. The van der Waals surface area contributed by atoms with E-state index >= 15 is 0 Å². The minimum Gasteiger partial charge on any atom is -0.494 e. The van der Waals surface area contributed by atoms with Crippen LogP contribution < -0.4 is 0 Å². The Hall–Kier alpha value is -0.720. The van der Waals surface area contributed by atoms with Crippen molar-refractivity contribution in [3.05, 3.63) is 24.5 Å². The Bertz CT molecular complexity index is 342. The zero-order valence-corrected chi connectivity index (χ0v) is 15.6. The molecule has 1 saturated carbocycles. The van der Waals surface area contributed by atoms with E-state index in [0.29, 0.717) is 5.92 Å². The van der Waals surface area contributed by atoms with Gasteiger partial charge in [-0.2, -0.15) is 0 Å². The van der Waals surface area contributed by atoms with Crippen LogP contribution in [0.2, 0.25) is 0 Å². The lowest BCUT2D eigenvalue weighted by atomic mass is 9.68. The zero-order valence-electron chi connectivity index (χ0n) is 15.6. The fourth-order valence-electron chi connectivity index (χ4n) is 4.05. The molecule has 1 heteroatoms. The Morgan fingerprint density at radius 3 is 2.55 bits per heavy atom. The van der Waals surface area contributed by atoms with Crippen LogP contribution in [0.15, 0.2) is 24.5 Å². The van der Waals surface area contributed by atoms with Gasteiger partial charge in [0.05, 0.1) is 6.26 Å². The van der Waals surface area contributed by atoms with Crippen molar-refractivity contribution in [2.75, 3.05) is 0 Å². The van der Waals surface area contributed by atoms with Gasteiger partial charge < -0.3 is 4.74 Å². The van der Waals surface area contributed by atoms with Gasteiger partial charge in [-0.25, -0.2) is 0 Å². The maximum absolute atomic E-state index is 5.97. The van der Waals surface area contributed by atoms with Gasteiger partial charge in [0.1, 0.15) is 6.10 Å². The molecule has 0 bridgehead atoms. The lowest BCUT2D eigenvalue weighted by Crippen LogP contribution is -2.36. The second-order valence-electron chi connectivity index (χ2n) is 7.73. The third-order valence-corrected chi connectivity index (χ3v) is 5.37. The summed E-state index contributed by atoms with van der Waals surface area (Å²) in [7, 11) is 0. The Morgan fingerprint density at radius 2 is 1.95 bits per heavy atom. The number of rotatable bonds is 9. The van der Waals surface area contributed by atoms with Gasteiger partial charge in [0.15, 0.2) is 0 Å². The molecule has 1 fully saturated rings. The maximum atomic E-state index is 5.97.